The van der Waals surface area contributed by atoms with E-state index in [0.717, 1.165) is 16.2 Å². The molecule has 1 rings (SSSR count). The second kappa shape index (κ2) is 6.26. The van der Waals surface area contributed by atoms with Crippen molar-refractivity contribution in [1.82, 2.24) is 5.32 Å². The molecule has 0 fully saturated rings. The van der Waals surface area contributed by atoms with Gasteiger partial charge in [-0.05, 0) is 32.0 Å². The van der Waals surface area contributed by atoms with Crippen molar-refractivity contribution in [2.75, 3.05) is 12.8 Å². The molecule has 1 nitrogen and oxygen atoms in total. The Bertz CT molecular complexity index is 339. The van der Waals surface area contributed by atoms with Crippen molar-refractivity contribution in [3.8, 4) is 0 Å². The lowest BCUT2D eigenvalue weighted by atomic mass is 10.1. The second-order valence-electron chi connectivity index (χ2n) is 4.37. The molecule has 0 saturated heterocycles. The van der Waals surface area contributed by atoms with Crippen LogP contribution in [0.15, 0.2) is 23.1 Å². The van der Waals surface area contributed by atoms with Crippen molar-refractivity contribution in [1.29, 1.82) is 0 Å². The first-order valence-corrected chi connectivity index (χ1v) is 6.63. The molecule has 0 spiro atoms. The number of thioether (sulfide) groups is 1. The SMILES string of the molecule is CNC(C)c1c(F)cccc1SCC(C)C. The lowest BCUT2D eigenvalue weighted by molar-refractivity contribution is 0.552. The summed E-state index contributed by atoms with van der Waals surface area (Å²) in [6, 6.07) is 5.36. The quantitative estimate of drug-likeness (QED) is 0.786. The molecule has 16 heavy (non-hydrogen) atoms. The summed E-state index contributed by atoms with van der Waals surface area (Å²) in [7, 11) is 1.86. The van der Waals surface area contributed by atoms with E-state index in [-0.39, 0.29) is 11.9 Å². The Morgan fingerprint density at radius 2 is 2.00 bits per heavy atom. The van der Waals surface area contributed by atoms with Crippen molar-refractivity contribution in [2.24, 2.45) is 5.92 Å². The van der Waals surface area contributed by atoms with Gasteiger partial charge in [-0.3, -0.25) is 0 Å². The van der Waals surface area contributed by atoms with Crippen LogP contribution in [0.4, 0.5) is 4.39 Å². The average Bonchev–Trinajstić information content (AvgIpc) is 2.25. The maximum Gasteiger partial charge on any atom is 0.129 e. The summed E-state index contributed by atoms with van der Waals surface area (Å²) in [6.07, 6.45) is 0. The minimum Gasteiger partial charge on any atom is -0.313 e. The van der Waals surface area contributed by atoms with Crippen LogP contribution in [-0.2, 0) is 0 Å². The summed E-state index contributed by atoms with van der Waals surface area (Å²) in [5, 5.41) is 3.10. The Kier molecular flexibility index (Phi) is 5.29. The normalized spacial score (nSPS) is 13.1. The Morgan fingerprint density at radius 1 is 1.31 bits per heavy atom. The summed E-state index contributed by atoms with van der Waals surface area (Å²) >= 11 is 1.73. The maximum absolute atomic E-state index is 13.8. The molecule has 0 aliphatic rings. The molecule has 0 aliphatic carbocycles. The first-order chi connectivity index (χ1) is 7.56. The predicted molar refractivity (Wildman–Crippen MR) is 69.4 cm³/mol. The molecule has 3 heteroatoms. The highest BCUT2D eigenvalue weighted by Crippen LogP contribution is 2.30. The molecule has 0 amide bonds. The fourth-order valence-electron chi connectivity index (χ4n) is 1.46. The van der Waals surface area contributed by atoms with Gasteiger partial charge in [0.1, 0.15) is 5.82 Å². The molecule has 1 unspecified atom stereocenters. The van der Waals surface area contributed by atoms with Crippen LogP contribution < -0.4 is 5.32 Å². The largest absolute Gasteiger partial charge is 0.313 e. The maximum atomic E-state index is 13.8. The van der Waals surface area contributed by atoms with Gasteiger partial charge in [0.15, 0.2) is 0 Å². The van der Waals surface area contributed by atoms with E-state index >= 15 is 0 Å². The first-order valence-electron chi connectivity index (χ1n) is 5.64. The number of benzene rings is 1. The van der Waals surface area contributed by atoms with Crippen molar-refractivity contribution >= 4 is 11.8 Å². The van der Waals surface area contributed by atoms with Crippen molar-refractivity contribution in [3.63, 3.8) is 0 Å². The van der Waals surface area contributed by atoms with Crippen LogP contribution in [0.5, 0.6) is 0 Å². The minimum absolute atomic E-state index is 0.0517. The Labute approximate surface area is 102 Å². The molecule has 1 N–H and O–H groups in total. The third-order valence-electron chi connectivity index (χ3n) is 2.45. The number of hydrogen-bond donors (Lipinski definition) is 1. The van der Waals surface area contributed by atoms with Gasteiger partial charge in [-0.25, -0.2) is 4.39 Å². The molecular weight excluding hydrogens is 221 g/mol. The van der Waals surface area contributed by atoms with Crippen LogP contribution in [-0.4, -0.2) is 12.8 Å². The molecular formula is C13H20FNS. The first kappa shape index (κ1) is 13.5. The Morgan fingerprint density at radius 3 is 2.56 bits per heavy atom. The van der Waals surface area contributed by atoms with E-state index in [2.05, 4.69) is 19.2 Å². The van der Waals surface area contributed by atoms with Crippen LogP contribution in [0.2, 0.25) is 0 Å². The van der Waals surface area contributed by atoms with Gasteiger partial charge < -0.3 is 5.32 Å². The monoisotopic (exact) mass is 241 g/mol. The standard InChI is InChI=1S/C13H20FNS/c1-9(2)8-16-12-7-5-6-11(14)13(12)10(3)15-4/h5-7,9-10,15H,8H2,1-4H3. The van der Waals surface area contributed by atoms with E-state index < -0.39 is 0 Å². The van der Waals surface area contributed by atoms with E-state index in [1.165, 1.54) is 6.07 Å². The van der Waals surface area contributed by atoms with Gasteiger partial charge in [0.2, 0.25) is 0 Å². The van der Waals surface area contributed by atoms with E-state index in [1.807, 2.05) is 20.0 Å². The van der Waals surface area contributed by atoms with Gasteiger partial charge in [-0.15, -0.1) is 11.8 Å². The molecule has 1 aromatic rings. The summed E-state index contributed by atoms with van der Waals surface area (Å²) < 4.78 is 13.8. The number of nitrogens with one attached hydrogen (secondary N) is 1. The van der Waals surface area contributed by atoms with Gasteiger partial charge in [0.05, 0.1) is 0 Å². The summed E-state index contributed by atoms with van der Waals surface area (Å²) in [5.74, 6) is 1.52. The summed E-state index contributed by atoms with van der Waals surface area (Å²) in [6.45, 7) is 6.33. The van der Waals surface area contributed by atoms with Crippen LogP contribution >= 0.6 is 11.8 Å². The Balaban J connectivity index is 2.93. The fourth-order valence-corrected chi connectivity index (χ4v) is 2.58. The third kappa shape index (κ3) is 3.49. The minimum atomic E-state index is -0.115. The van der Waals surface area contributed by atoms with Gasteiger partial charge in [-0.1, -0.05) is 19.9 Å². The zero-order valence-electron chi connectivity index (χ0n) is 10.4. The van der Waals surface area contributed by atoms with Crippen molar-refractivity contribution in [3.05, 3.63) is 29.6 Å². The highest BCUT2D eigenvalue weighted by Gasteiger charge is 2.14. The molecule has 0 heterocycles. The van der Waals surface area contributed by atoms with Crippen LogP contribution in [0.3, 0.4) is 0 Å². The molecule has 0 saturated carbocycles. The summed E-state index contributed by atoms with van der Waals surface area (Å²) in [5.41, 5.74) is 0.788. The molecule has 0 bridgehead atoms. The number of hydrogen-bond acceptors (Lipinski definition) is 2. The van der Waals surface area contributed by atoms with Gasteiger partial charge in [0, 0.05) is 22.3 Å². The van der Waals surface area contributed by atoms with Crippen LogP contribution in [0.25, 0.3) is 0 Å². The molecule has 1 aromatic carbocycles. The summed E-state index contributed by atoms with van der Waals surface area (Å²) in [4.78, 5) is 1.05. The van der Waals surface area contributed by atoms with Gasteiger partial charge in [-0.2, -0.15) is 0 Å². The number of rotatable bonds is 5. The smallest absolute Gasteiger partial charge is 0.129 e. The Hall–Kier alpha value is -0.540. The molecule has 0 aromatic heterocycles. The molecule has 0 aliphatic heterocycles. The zero-order valence-corrected chi connectivity index (χ0v) is 11.2. The molecule has 0 radical (unpaired) electrons. The van der Waals surface area contributed by atoms with Gasteiger partial charge >= 0.3 is 0 Å². The van der Waals surface area contributed by atoms with E-state index in [4.69, 9.17) is 0 Å². The zero-order chi connectivity index (χ0) is 12.1. The highest BCUT2D eigenvalue weighted by molar-refractivity contribution is 7.99. The van der Waals surface area contributed by atoms with Gasteiger partial charge in [0.25, 0.3) is 0 Å². The lowest BCUT2D eigenvalue weighted by Crippen LogP contribution is -2.15. The van der Waals surface area contributed by atoms with E-state index in [9.17, 15) is 4.39 Å². The number of halogens is 1. The highest BCUT2D eigenvalue weighted by atomic mass is 32.2. The van der Waals surface area contributed by atoms with Crippen molar-refractivity contribution in [2.45, 2.75) is 31.7 Å². The van der Waals surface area contributed by atoms with Crippen LogP contribution in [0, 0.1) is 11.7 Å². The van der Waals surface area contributed by atoms with Crippen LogP contribution in [0.1, 0.15) is 32.4 Å². The van der Waals surface area contributed by atoms with Crippen molar-refractivity contribution < 1.29 is 4.39 Å². The fraction of sp³-hybridized carbons (Fsp3) is 0.538. The molecule has 90 valence electrons. The predicted octanol–water partition coefficient (Wildman–Crippen LogP) is 3.85. The second-order valence-corrected chi connectivity index (χ2v) is 5.43. The topological polar surface area (TPSA) is 12.0 Å². The van der Waals surface area contributed by atoms with E-state index in [0.29, 0.717) is 5.92 Å². The third-order valence-corrected chi connectivity index (χ3v) is 3.95. The average molecular weight is 241 g/mol. The lowest BCUT2D eigenvalue weighted by Gasteiger charge is -2.17. The van der Waals surface area contributed by atoms with E-state index in [1.54, 1.807) is 17.8 Å². The molecule has 1 atom stereocenters.